The van der Waals surface area contributed by atoms with Crippen molar-refractivity contribution < 1.29 is 9.31 Å². The Morgan fingerprint density at radius 1 is 1.12 bits per heavy atom. The Bertz CT molecular complexity index is 1180. The molecule has 5 atom stereocenters. The molecule has 1 heterocycles. The number of para-hydroxylation sites is 1. The van der Waals surface area contributed by atoms with Crippen molar-refractivity contribution in [2.75, 3.05) is 5.32 Å². The molecule has 3 aromatic rings. The first-order chi connectivity index (χ1) is 15.4. The molecule has 0 radical (unpaired) electrons. The number of hydrogen-bond acceptors (Lipinski definition) is 4. The Hall–Kier alpha value is -2.09. The zero-order chi connectivity index (χ0) is 22.4. The number of nitro benzene ring substituents is 1. The van der Waals surface area contributed by atoms with Crippen LogP contribution in [0.2, 0.25) is 0 Å². The lowest BCUT2D eigenvalue weighted by Crippen LogP contribution is -2.31. The highest BCUT2D eigenvalue weighted by molar-refractivity contribution is 9.10. The van der Waals surface area contributed by atoms with Crippen molar-refractivity contribution in [3.05, 3.63) is 98.3 Å². The van der Waals surface area contributed by atoms with Crippen LogP contribution in [0.1, 0.15) is 29.5 Å². The van der Waals surface area contributed by atoms with Gasteiger partial charge in [0.2, 0.25) is 0 Å². The summed E-state index contributed by atoms with van der Waals surface area (Å²) >= 11 is 12.2. The summed E-state index contributed by atoms with van der Waals surface area (Å²) < 4.78 is 14.6. The monoisotopic (exact) mass is 532 g/mol. The number of fused-ring (bicyclic) bond motifs is 3. The van der Waals surface area contributed by atoms with E-state index in [0.717, 1.165) is 27.7 Å². The molecule has 164 valence electrons. The molecule has 0 spiro atoms. The van der Waals surface area contributed by atoms with E-state index in [1.165, 1.54) is 30.0 Å². The highest BCUT2D eigenvalue weighted by Crippen LogP contribution is 2.58. The van der Waals surface area contributed by atoms with Gasteiger partial charge in [-0.05, 0) is 59.9 Å². The normalized spacial score (nSPS) is 26.2. The van der Waals surface area contributed by atoms with Gasteiger partial charge in [0.05, 0.1) is 21.2 Å². The lowest BCUT2D eigenvalue weighted by molar-refractivity contribution is -0.387. The number of nitrogens with one attached hydrogen (secondary N) is 1. The molecule has 1 aliphatic carbocycles. The molecule has 0 aromatic heterocycles. The van der Waals surface area contributed by atoms with Crippen LogP contribution in [-0.2, 0) is 0 Å². The quantitative estimate of drug-likeness (QED) is 0.214. The molecule has 1 saturated carbocycles. The summed E-state index contributed by atoms with van der Waals surface area (Å²) in [5.41, 5.74) is 3.28. The predicted octanol–water partition coefficient (Wildman–Crippen LogP) is 7.54. The van der Waals surface area contributed by atoms with E-state index >= 15 is 0 Å². The van der Waals surface area contributed by atoms with E-state index < -0.39 is 0 Å². The van der Waals surface area contributed by atoms with Gasteiger partial charge >= 0.3 is 0 Å². The molecule has 1 fully saturated rings. The van der Waals surface area contributed by atoms with Crippen molar-refractivity contribution in [2.24, 2.45) is 5.92 Å². The zero-order valence-corrected chi connectivity index (χ0v) is 19.9. The van der Waals surface area contributed by atoms with E-state index in [-0.39, 0.29) is 44.9 Å². The van der Waals surface area contributed by atoms with Gasteiger partial charge in [0, 0.05) is 27.4 Å². The van der Waals surface area contributed by atoms with Gasteiger partial charge in [-0.3, -0.25) is 10.1 Å². The summed E-state index contributed by atoms with van der Waals surface area (Å²) in [4.78, 5) is 11.8. The number of rotatable bonds is 4. The molecular formula is C24H19BrClFN2O2S. The molecule has 0 saturated heterocycles. The molecule has 5 rings (SSSR count). The van der Waals surface area contributed by atoms with Gasteiger partial charge in [-0.15, -0.1) is 23.4 Å². The number of nitro groups is 1. The van der Waals surface area contributed by atoms with Gasteiger partial charge < -0.3 is 5.32 Å². The maximum absolute atomic E-state index is 13.6. The minimum atomic E-state index is -0.344. The third kappa shape index (κ3) is 3.91. The number of hydrogen-bond donors (Lipinski definition) is 1. The number of anilines is 1. The van der Waals surface area contributed by atoms with Gasteiger partial charge in [-0.2, -0.15) is 0 Å². The second-order valence-electron chi connectivity index (χ2n) is 8.16. The topological polar surface area (TPSA) is 55.2 Å². The van der Waals surface area contributed by atoms with Crippen molar-refractivity contribution in [1.29, 1.82) is 0 Å². The molecule has 3 aromatic carbocycles. The average molecular weight is 534 g/mol. The summed E-state index contributed by atoms with van der Waals surface area (Å²) in [5, 5.41) is 15.0. The fraction of sp³-hybridized carbons (Fsp3) is 0.250. The number of alkyl halides is 1. The Morgan fingerprint density at radius 3 is 2.62 bits per heavy atom. The second-order valence-corrected chi connectivity index (χ2v) is 10.9. The smallest absolute Gasteiger partial charge is 0.282 e. The van der Waals surface area contributed by atoms with Crippen LogP contribution in [0, 0.1) is 21.8 Å². The van der Waals surface area contributed by atoms with Crippen molar-refractivity contribution >= 4 is 50.7 Å². The standard InChI is InChI=1S/C24H19BrClFN2O2S/c25-14-7-10-18-16(11-14)22-17(24(28-18)13-5-8-15(27)9-6-13)12-21(23(22)26)32-20-4-2-1-3-19(20)29(30)31/h1-11,17,21-24,28H,12H2/t17-,21+,22-,23+,24-/m0/s1. The van der Waals surface area contributed by atoms with Crippen LogP contribution in [-0.4, -0.2) is 15.6 Å². The van der Waals surface area contributed by atoms with Gasteiger partial charge in [0.1, 0.15) is 5.82 Å². The first-order valence-corrected chi connectivity index (χ1v) is 12.4. The van der Waals surface area contributed by atoms with Crippen molar-refractivity contribution in [2.45, 2.75) is 33.9 Å². The zero-order valence-electron chi connectivity index (χ0n) is 16.8. The van der Waals surface area contributed by atoms with Gasteiger partial charge in [-0.1, -0.05) is 40.2 Å². The predicted molar refractivity (Wildman–Crippen MR) is 130 cm³/mol. The fourth-order valence-electron chi connectivity index (χ4n) is 4.96. The Labute approximate surface area is 202 Å². The fourth-order valence-corrected chi connectivity index (χ4v) is 7.28. The van der Waals surface area contributed by atoms with Gasteiger partial charge in [0.15, 0.2) is 0 Å². The Balaban J connectivity index is 1.53. The van der Waals surface area contributed by atoms with Crippen LogP contribution in [0.5, 0.6) is 0 Å². The Morgan fingerprint density at radius 2 is 1.88 bits per heavy atom. The van der Waals surface area contributed by atoms with E-state index in [4.69, 9.17) is 11.6 Å². The highest BCUT2D eigenvalue weighted by Gasteiger charge is 2.50. The van der Waals surface area contributed by atoms with E-state index in [1.54, 1.807) is 12.1 Å². The van der Waals surface area contributed by atoms with Gasteiger partial charge in [0.25, 0.3) is 5.69 Å². The maximum atomic E-state index is 13.6. The highest BCUT2D eigenvalue weighted by atomic mass is 79.9. The number of thioether (sulfide) groups is 1. The molecule has 0 unspecified atom stereocenters. The van der Waals surface area contributed by atoms with E-state index in [0.29, 0.717) is 4.90 Å². The molecule has 32 heavy (non-hydrogen) atoms. The lowest BCUT2D eigenvalue weighted by Gasteiger charge is -2.38. The minimum Gasteiger partial charge on any atom is -0.378 e. The first kappa shape index (κ1) is 21.7. The van der Waals surface area contributed by atoms with Crippen molar-refractivity contribution in [1.82, 2.24) is 0 Å². The van der Waals surface area contributed by atoms with Crippen LogP contribution in [0.25, 0.3) is 0 Å². The molecule has 1 N–H and O–H groups in total. The molecule has 4 nitrogen and oxygen atoms in total. The van der Waals surface area contributed by atoms with Crippen LogP contribution < -0.4 is 5.32 Å². The molecule has 2 aliphatic rings. The SMILES string of the molecule is O=[N+]([O-])c1ccccc1S[C@@H]1C[C@H]2[C@H](c3cc(Br)ccc3N[C@H]2c2ccc(F)cc2)[C@@H]1Cl. The largest absolute Gasteiger partial charge is 0.378 e. The summed E-state index contributed by atoms with van der Waals surface area (Å²) in [7, 11) is 0. The summed E-state index contributed by atoms with van der Waals surface area (Å²) in [6, 6.07) is 19.5. The van der Waals surface area contributed by atoms with Crippen LogP contribution >= 0.6 is 39.3 Å². The summed E-state index contributed by atoms with van der Waals surface area (Å²) in [6.07, 6.45) is 0.788. The number of halogens is 3. The molecule has 8 heteroatoms. The Kier molecular flexibility index (Phi) is 5.90. The average Bonchev–Trinajstić information content (AvgIpc) is 3.10. The molecule has 0 bridgehead atoms. The first-order valence-electron chi connectivity index (χ1n) is 10.3. The van der Waals surface area contributed by atoms with Crippen LogP contribution in [0.15, 0.2) is 76.1 Å². The third-order valence-corrected chi connectivity index (χ3v) is 8.95. The molecule has 1 aliphatic heterocycles. The number of nitrogens with zero attached hydrogens (tertiary/aromatic N) is 1. The van der Waals surface area contributed by atoms with Crippen molar-refractivity contribution in [3.63, 3.8) is 0 Å². The van der Waals surface area contributed by atoms with E-state index in [1.807, 2.05) is 30.3 Å². The molecular weight excluding hydrogens is 515 g/mol. The molecule has 0 amide bonds. The summed E-state index contributed by atoms with van der Waals surface area (Å²) in [6.45, 7) is 0. The number of benzene rings is 3. The van der Waals surface area contributed by atoms with Crippen molar-refractivity contribution in [3.8, 4) is 0 Å². The third-order valence-electron chi connectivity index (χ3n) is 6.35. The lowest BCUT2D eigenvalue weighted by atomic mass is 9.77. The summed E-state index contributed by atoms with van der Waals surface area (Å²) in [5.74, 6) is -0.0253. The van der Waals surface area contributed by atoms with E-state index in [9.17, 15) is 14.5 Å². The van der Waals surface area contributed by atoms with Gasteiger partial charge in [-0.25, -0.2) is 4.39 Å². The minimum absolute atomic E-state index is 0.00227. The van der Waals surface area contributed by atoms with E-state index in [2.05, 4.69) is 27.3 Å². The van der Waals surface area contributed by atoms with Crippen LogP contribution in [0.3, 0.4) is 0 Å². The van der Waals surface area contributed by atoms with Crippen LogP contribution in [0.4, 0.5) is 15.8 Å². The maximum Gasteiger partial charge on any atom is 0.282 e. The second kappa shape index (κ2) is 8.69.